The summed E-state index contributed by atoms with van der Waals surface area (Å²) < 4.78 is 24.7. The number of carbonyl (C=O) groups excluding carboxylic acids is 1. The highest BCUT2D eigenvalue weighted by atomic mass is 32.2. The molecule has 0 saturated carbocycles. The topological polar surface area (TPSA) is 140 Å². The summed E-state index contributed by atoms with van der Waals surface area (Å²) in [5.41, 5.74) is 6.34. The number of amides is 1. The van der Waals surface area contributed by atoms with Crippen LogP contribution >= 0.6 is 0 Å². The van der Waals surface area contributed by atoms with E-state index in [2.05, 4.69) is 15.6 Å². The van der Waals surface area contributed by atoms with E-state index in [0.717, 1.165) is 11.1 Å². The van der Waals surface area contributed by atoms with Crippen LogP contribution in [0.2, 0.25) is 0 Å². The lowest BCUT2D eigenvalue weighted by atomic mass is 10.1. The second-order valence-corrected chi connectivity index (χ2v) is 9.08. The highest BCUT2D eigenvalue weighted by Crippen LogP contribution is 2.25. The fourth-order valence-electron chi connectivity index (χ4n) is 3.18. The van der Waals surface area contributed by atoms with Gasteiger partial charge in [0.15, 0.2) is 5.69 Å². The van der Waals surface area contributed by atoms with Crippen LogP contribution in [0.15, 0.2) is 88.9 Å². The van der Waals surface area contributed by atoms with Crippen LogP contribution in [-0.4, -0.2) is 35.4 Å². The Hall–Kier alpha value is -4.28. The van der Waals surface area contributed by atoms with Crippen molar-refractivity contribution >= 4 is 22.1 Å². The Bertz CT molecular complexity index is 1460. The molecule has 4 rings (SSSR count). The molecular formula is C24H21N5O4S. The van der Waals surface area contributed by atoms with Crippen LogP contribution in [0.25, 0.3) is 16.9 Å². The van der Waals surface area contributed by atoms with Gasteiger partial charge >= 0.3 is 0 Å². The quantitative estimate of drug-likeness (QED) is 0.291. The summed E-state index contributed by atoms with van der Waals surface area (Å²) in [6.07, 6.45) is 1.45. The first-order valence-electron chi connectivity index (χ1n) is 10.1. The average molecular weight is 476 g/mol. The highest BCUT2D eigenvalue weighted by Gasteiger charge is 2.17. The molecule has 0 saturated heterocycles. The molecule has 10 heteroatoms. The maximum absolute atomic E-state index is 12.7. The van der Waals surface area contributed by atoms with Crippen LogP contribution in [0.5, 0.6) is 5.75 Å². The molecular weight excluding hydrogens is 454 g/mol. The highest BCUT2D eigenvalue weighted by molar-refractivity contribution is 7.89. The van der Waals surface area contributed by atoms with Gasteiger partial charge in [-0.2, -0.15) is 10.2 Å². The molecule has 0 unspecified atom stereocenters. The van der Waals surface area contributed by atoms with E-state index in [0.29, 0.717) is 16.9 Å². The third-order valence-corrected chi connectivity index (χ3v) is 5.90. The van der Waals surface area contributed by atoms with Crippen molar-refractivity contribution in [2.75, 3.05) is 0 Å². The lowest BCUT2D eigenvalue weighted by molar-refractivity contribution is 0.0949. The zero-order chi connectivity index (χ0) is 24.3. The second-order valence-electron chi connectivity index (χ2n) is 7.52. The van der Waals surface area contributed by atoms with E-state index in [1.807, 2.05) is 31.2 Å². The SMILES string of the molecule is Cc1ccc(-c2cc(C(=O)N/N=C/c3ccc(O)cc3)nn2-c2ccc(S(N)(=O)=O)cc2)cc1. The summed E-state index contributed by atoms with van der Waals surface area (Å²) >= 11 is 0. The molecule has 1 aromatic heterocycles. The van der Waals surface area contributed by atoms with Crippen LogP contribution in [0.4, 0.5) is 0 Å². The Balaban J connectivity index is 1.66. The fraction of sp³-hybridized carbons (Fsp3) is 0.0417. The van der Waals surface area contributed by atoms with E-state index in [-0.39, 0.29) is 16.3 Å². The number of sulfonamides is 1. The monoisotopic (exact) mass is 475 g/mol. The lowest BCUT2D eigenvalue weighted by Crippen LogP contribution is -2.18. The number of aromatic hydroxyl groups is 1. The van der Waals surface area contributed by atoms with Gasteiger partial charge in [-0.1, -0.05) is 29.8 Å². The number of benzene rings is 3. The second kappa shape index (κ2) is 9.30. The molecule has 34 heavy (non-hydrogen) atoms. The number of phenolic OH excluding ortho intramolecular Hbond substituents is 1. The van der Waals surface area contributed by atoms with Crippen LogP contribution < -0.4 is 10.6 Å². The zero-order valence-electron chi connectivity index (χ0n) is 18.1. The van der Waals surface area contributed by atoms with Gasteiger partial charge in [-0.25, -0.2) is 23.7 Å². The Morgan fingerprint density at radius 3 is 2.29 bits per heavy atom. The van der Waals surface area contributed by atoms with Crippen molar-refractivity contribution in [3.63, 3.8) is 0 Å². The van der Waals surface area contributed by atoms with E-state index in [1.54, 1.807) is 35.0 Å². The van der Waals surface area contributed by atoms with Crippen molar-refractivity contribution < 1.29 is 18.3 Å². The Morgan fingerprint density at radius 2 is 1.68 bits per heavy atom. The molecule has 0 aliphatic rings. The standard InChI is InChI=1S/C24H21N5O4S/c1-16-2-6-18(7-3-16)23-14-22(24(31)27-26-15-17-4-10-20(30)11-5-17)28-29(23)19-8-12-21(13-9-19)34(25,32)33/h2-15,30H,1H3,(H,27,31)(H2,25,32,33)/b26-15+. The zero-order valence-corrected chi connectivity index (χ0v) is 18.9. The third kappa shape index (κ3) is 5.20. The maximum atomic E-state index is 12.7. The van der Waals surface area contributed by atoms with E-state index >= 15 is 0 Å². The minimum Gasteiger partial charge on any atom is -0.508 e. The molecule has 0 fully saturated rings. The minimum absolute atomic E-state index is 0.0261. The summed E-state index contributed by atoms with van der Waals surface area (Å²) in [5, 5.41) is 22.9. The number of hydrogen-bond acceptors (Lipinski definition) is 6. The van der Waals surface area contributed by atoms with Crippen molar-refractivity contribution in [3.8, 4) is 22.7 Å². The molecule has 0 atom stereocenters. The number of aromatic nitrogens is 2. The predicted molar refractivity (Wildman–Crippen MR) is 128 cm³/mol. The van der Waals surface area contributed by atoms with E-state index in [1.165, 1.54) is 30.5 Å². The molecule has 0 aliphatic carbocycles. The molecule has 3 aromatic carbocycles. The molecule has 0 spiro atoms. The van der Waals surface area contributed by atoms with Crippen molar-refractivity contribution in [3.05, 3.63) is 95.7 Å². The first kappa shape index (κ1) is 22.9. The Labute approximate surface area is 196 Å². The number of phenols is 1. The van der Waals surface area contributed by atoms with Crippen LogP contribution in [-0.2, 0) is 10.0 Å². The van der Waals surface area contributed by atoms with Gasteiger partial charge in [0, 0.05) is 5.56 Å². The normalized spacial score (nSPS) is 11.6. The first-order valence-corrected chi connectivity index (χ1v) is 11.7. The summed E-state index contributed by atoms with van der Waals surface area (Å²) in [4.78, 5) is 12.7. The lowest BCUT2D eigenvalue weighted by Gasteiger charge is -2.08. The number of aryl methyl sites for hydroxylation is 1. The van der Waals surface area contributed by atoms with Crippen molar-refractivity contribution in [1.82, 2.24) is 15.2 Å². The van der Waals surface area contributed by atoms with Gasteiger partial charge in [0.05, 0.1) is 22.5 Å². The number of hydrazone groups is 1. The Morgan fingerprint density at radius 1 is 1.03 bits per heavy atom. The van der Waals surface area contributed by atoms with Gasteiger partial charge < -0.3 is 5.11 Å². The van der Waals surface area contributed by atoms with Crippen LogP contribution in [0, 0.1) is 6.92 Å². The van der Waals surface area contributed by atoms with Crippen LogP contribution in [0.3, 0.4) is 0 Å². The average Bonchev–Trinajstić information content (AvgIpc) is 3.26. The van der Waals surface area contributed by atoms with E-state index < -0.39 is 15.9 Å². The molecule has 0 bridgehead atoms. The molecule has 172 valence electrons. The fourth-order valence-corrected chi connectivity index (χ4v) is 3.69. The third-order valence-electron chi connectivity index (χ3n) is 4.97. The number of hydrogen-bond donors (Lipinski definition) is 3. The molecule has 1 amide bonds. The number of nitrogens with zero attached hydrogens (tertiary/aromatic N) is 3. The van der Waals surface area contributed by atoms with E-state index in [9.17, 15) is 18.3 Å². The van der Waals surface area contributed by atoms with Crippen molar-refractivity contribution in [1.29, 1.82) is 0 Å². The molecule has 9 nitrogen and oxygen atoms in total. The first-order chi connectivity index (χ1) is 16.2. The number of nitrogens with one attached hydrogen (secondary N) is 1. The van der Waals surface area contributed by atoms with Gasteiger partial charge in [-0.15, -0.1) is 0 Å². The van der Waals surface area contributed by atoms with Gasteiger partial charge in [-0.3, -0.25) is 4.79 Å². The smallest absolute Gasteiger partial charge is 0.291 e. The molecule has 0 radical (unpaired) electrons. The maximum Gasteiger partial charge on any atom is 0.291 e. The van der Waals surface area contributed by atoms with Gasteiger partial charge in [0.25, 0.3) is 5.91 Å². The summed E-state index contributed by atoms with van der Waals surface area (Å²) in [6, 6.07) is 21.6. The van der Waals surface area contributed by atoms with Gasteiger partial charge in [-0.05, 0) is 67.1 Å². The van der Waals surface area contributed by atoms with Gasteiger partial charge in [0.2, 0.25) is 10.0 Å². The molecule has 4 aromatic rings. The summed E-state index contributed by atoms with van der Waals surface area (Å²) in [5.74, 6) is -0.393. The van der Waals surface area contributed by atoms with E-state index in [4.69, 9.17) is 5.14 Å². The van der Waals surface area contributed by atoms with Crippen molar-refractivity contribution in [2.45, 2.75) is 11.8 Å². The molecule has 0 aliphatic heterocycles. The number of nitrogens with two attached hydrogens (primary N) is 1. The van der Waals surface area contributed by atoms with Crippen molar-refractivity contribution in [2.24, 2.45) is 10.2 Å². The summed E-state index contributed by atoms with van der Waals surface area (Å²) in [7, 11) is -3.84. The number of carbonyl (C=O) groups is 1. The van der Waals surface area contributed by atoms with Crippen LogP contribution in [0.1, 0.15) is 21.6 Å². The molecule has 1 heterocycles. The molecule has 4 N–H and O–H groups in total. The number of primary sulfonamides is 1. The van der Waals surface area contributed by atoms with Gasteiger partial charge in [0.1, 0.15) is 5.75 Å². The predicted octanol–water partition coefficient (Wildman–Crippen LogP) is 2.96. The summed E-state index contributed by atoms with van der Waals surface area (Å²) in [6.45, 7) is 1.97. The minimum atomic E-state index is -3.84. The largest absolute Gasteiger partial charge is 0.508 e. The number of rotatable bonds is 6. The Kier molecular flexibility index (Phi) is 6.26.